The molecule has 0 aliphatic carbocycles. The van der Waals surface area contributed by atoms with Gasteiger partial charge in [-0.05, 0) is 43.6 Å². The molecule has 1 aromatic carbocycles. The number of anilines is 1. The number of rotatable bonds is 3. The van der Waals surface area contributed by atoms with Crippen LogP contribution in [0.25, 0.3) is 0 Å². The van der Waals surface area contributed by atoms with Crippen molar-refractivity contribution in [2.24, 2.45) is 0 Å². The minimum Gasteiger partial charge on any atom is -0.399 e. The van der Waals surface area contributed by atoms with E-state index >= 15 is 0 Å². The first-order chi connectivity index (χ1) is 10.8. The second-order valence-electron chi connectivity index (χ2n) is 6.18. The Labute approximate surface area is 132 Å². The highest BCUT2D eigenvalue weighted by Gasteiger charge is 2.25. The van der Waals surface area contributed by atoms with E-state index in [4.69, 9.17) is 10.5 Å². The van der Waals surface area contributed by atoms with Gasteiger partial charge in [-0.25, -0.2) is 0 Å². The van der Waals surface area contributed by atoms with Crippen molar-refractivity contribution >= 4 is 5.69 Å². The molecule has 1 aromatic rings. The fourth-order valence-corrected chi connectivity index (χ4v) is 3.46. The summed E-state index contributed by atoms with van der Waals surface area (Å²) in [6.45, 7) is 6.92. The van der Waals surface area contributed by atoms with E-state index in [-0.39, 0.29) is 0 Å². The summed E-state index contributed by atoms with van der Waals surface area (Å²) in [7, 11) is 0. The average molecular weight is 300 g/mol. The molecule has 0 bridgehead atoms. The van der Waals surface area contributed by atoms with E-state index in [1.165, 1.54) is 12.8 Å². The molecule has 0 unspecified atom stereocenters. The number of nitrogens with zero attached hydrogens (tertiary/aromatic N) is 3. The van der Waals surface area contributed by atoms with Gasteiger partial charge in [0.2, 0.25) is 0 Å². The lowest BCUT2D eigenvalue weighted by Crippen LogP contribution is -2.48. The van der Waals surface area contributed by atoms with Gasteiger partial charge in [-0.2, -0.15) is 5.26 Å². The lowest BCUT2D eigenvalue weighted by molar-refractivity contribution is 0.000225. The van der Waals surface area contributed by atoms with Crippen molar-refractivity contribution in [2.75, 3.05) is 45.1 Å². The van der Waals surface area contributed by atoms with Crippen LogP contribution in [-0.2, 0) is 11.3 Å². The monoisotopic (exact) mass is 300 g/mol. The Morgan fingerprint density at radius 3 is 2.59 bits per heavy atom. The van der Waals surface area contributed by atoms with Crippen LogP contribution < -0.4 is 5.73 Å². The van der Waals surface area contributed by atoms with Crippen molar-refractivity contribution in [3.63, 3.8) is 0 Å². The number of hydrogen-bond donors (Lipinski definition) is 1. The second kappa shape index (κ2) is 7.10. The van der Waals surface area contributed by atoms with Gasteiger partial charge in [0.1, 0.15) is 0 Å². The summed E-state index contributed by atoms with van der Waals surface area (Å²) in [6, 6.07) is 8.60. The van der Waals surface area contributed by atoms with E-state index in [9.17, 15) is 5.26 Å². The van der Waals surface area contributed by atoms with E-state index in [2.05, 4.69) is 15.9 Å². The molecule has 0 aromatic heterocycles. The molecular formula is C17H24N4O. The normalized spacial score (nSPS) is 21.6. The molecule has 118 valence electrons. The summed E-state index contributed by atoms with van der Waals surface area (Å²) in [5.41, 5.74) is 8.20. The number of likely N-dealkylation sites (tertiary alicyclic amines) is 1. The number of piperidine rings is 1. The van der Waals surface area contributed by atoms with Crippen LogP contribution in [0, 0.1) is 11.3 Å². The number of nitrogens with two attached hydrogens (primary N) is 1. The van der Waals surface area contributed by atoms with Crippen molar-refractivity contribution in [2.45, 2.75) is 25.4 Å². The molecule has 0 atom stereocenters. The molecule has 0 saturated carbocycles. The molecule has 22 heavy (non-hydrogen) atoms. The lowest BCUT2D eigenvalue weighted by atomic mass is 10.0. The summed E-state index contributed by atoms with van der Waals surface area (Å²) in [6.07, 6.45) is 2.41. The van der Waals surface area contributed by atoms with Crippen LogP contribution in [0.5, 0.6) is 0 Å². The Morgan fingerprint density at radius 2 is 1.91 bits per heavy atom. The summed E-state index contributed by atoms with van der Waals surface area (Å²) >= 11 is 0. The van der Waals surface area contributed by atoms with E-state index in [0.717, 1.165) is 51.5 Å². The summed E-state index contributed by atoms with van der Waals surface area (Å²) in [5, 5.41) is 9.24. The molecule has 3 rings (SSSR count). The highest BCUT2D eigenvalue weighted by Crippen LogP contribution is 2.21. The van der Waals surface area contributed by atoms with Crippen molar-refractivity contribution < 1.29 is 4.74 Å². The van der Waals surface area contributed by atoms with Gasteiger partial charge >= 0.3 is 0 Å². The molecule has 0 amide bonds. The summed E-state index contributed by atoms with van der Waals surface area (Å²) in [5.74, 6) is 0. The van der Waals surface area contributed by atoms with Crippen LogP contribution in [0.1, 0.15) is 24.0 Å². The topological polar surface area (TPSA) is 65.5 Å². The maximum Gasteiger partial charge on any atom is 0.0995 e. The van der Waals surface area contributed by atoms with E-state index in [1.54, 1.807) is 6.07 Å². The molecule has 2 aliphatic heterocycles. The maximum absolute atomic E-state index is 9.24. The van der Waals surface area contributed by atoms with Gasteiger partial charge in [0.15, 0.2) is 0 Å². The smallest absolute Gasteiger partial charge is 0.0995 e. The fraction of sp³-hybridized carbons (Fsp3) is 0.588. The van der Waals surface area contributed by atoms with Crippen molar-refractivity contribution in [1.29, 1.82) is 5.26 Å². The Hall–Kier alpha value is -1.61. The lowest BCUT2D eigenvalue weighted by Gasteiger charge is -2.40. The van der Waals surface area contributed by atoms with Gasteiger partial charge in [-0.1, -0.05) is 6.07 Å². The van der Waals surface area contributed by atoms with Gasteiger partial charge < -0.3 is 10.5 Å². The van der Waals surface area contributed by atoms with Gasteiger partial charge in [-0.3, -0.25) is 9.80 Å². The predicted octanol–water partition coefficient (Wildman–Crippen LogP) is 1.44. The van der Waals surface area contributed by atoms with E-state index < -0.39 is 0 Å². The Kier molecular flexibility index (Phi) is 4.94. The van der Waals surface area contributed by atoms with E-state index in [1.807, 2.05) is 12.1 Å². The quantitative estimate of drug-likeness (QED) is 0.856. The minimum absolute atomic E-state index is 0.659. The zero-order valence-corrected chi connectivity index (χ0v) is 13.0. The number of hydrogen-bond acceptors (Lipinski definition) is 5. The zero-order valence-electron chi connectivity index (χ0n) is 13.0. The third-order valence-corrected chi connectivity index (χ3v) is 4.77. The zero-order chi connectivity index (χ0) is 15.4. The van der Waals surface area contributed by atoms with Gasteiger partial charge in [0, 0.05) is 31.4 Å². The number of nitrogen functional groups attached to an aromatic ring is 1. The van der Waals surface area contributed by atoms with Crippen LogP contribution >= 0.6 is 0 Å². The SMILES string of the molecule is N#Cc1cc(N)ccc1CN1CCC(N2CCOCC2)CC1. The molecular weight excluding hydrogens is 276 g/mol. The first-order valence-electron chi connectivity index (χ1n) is 8.09. The summed E-state index contributed by atoms with van der Waals surface area (Å²) < 4.78 is 5.43. The van der Waals surface area contributed by atoms with Crippen molar-refractivity contribution in [3.8, 4) is 6.07 Å². The first-order valence-corrected chi connectivity index (χ1v) is 8.09. The highest BCUT2D eigenvalue weighted by atomic mass is 16.5. The number of benzene rings is 1. The molecule has 2 fully saturated rings. The standard InChI is InChI=1S/C17H24N4O/c18-12-15-11-16(19)2-1-14(15)13-20-5-3-17(4-6-20)21-7-9-22-10-8-21/h1-2,11,17H,3-10,13,19H2. The molecule has 2 saturated heterocycles. The first kappa shape index (κ1) is 15.3. The predicted molar refractivity (Wildman–Crippen MR) is 86.3 cm³/mol. The highest BCUT2D eigenvalue weighted by molar-refractivity contribution is 5.49. The number of nitriles is 1. The summed E-state index contributed by atoms with van der Waals surface area (Å²) in [4.78, 5) is 5.02. The third kappa shape index (κ3) is 3.58. The Morgan fingerprint density at radius 1 is 1.18 bits per heavy atom. The molecule has 0 radical (unpaired) electrons. The fourth-order valence-electron chi connectivity index (χ4n) is 3.46. The van der Waals surface area contributed by atoms with Gasteiger partial charge in [-0.15, -0.1) is 0 Å². The second-order valence-corrected chi connectivity index (χ2v) is 6.18. The molecule has 5 nitrogen and oxygen atoms in total. The van der Waals surface area contributed by atoms with Crippen molar-refractivity contribution in [1.82, 2.24) is 9.80 Å². The largest absolute Gasteiger partial charge is 0.399 e. The molecule has 2 aliphatic rings. The Bertz CT molecular complexity index is 540. The van der Waals surface area contributed by atoms with Crippen LogP contribution in [0.15, 0.2) is 18.2 Å². The van der Waals surface area contributed by atoms with Crippen LogP contribution in [0.3, 0.4) is 0 Å². The minimum atomic E-state index is 0.659. The van der Waals surface area contributed by atoms with Crippen LogP contribution in [0.2, 0.25) is 0 Å². The molecule has 2 N–H and O–H groups in total. The van der Waals surface area contributed by atoms with Crippen LogP contribution in [0.4, 0.5) is 5.69 Å². The number of morpholine rings is 1. The average Bonchev–Trinajstić information content (AvgIpc) is 2.58. The van der Waals surface area contributed by atoms with Crippen LogP contribution in [-0.4, -0.2) is 55.2 Å². The maximum atomic E-state index is 9.24. The number of ether oxygens (including phenoxy) is 1. The molecule has 2 heterocycles. The van der Waals surface area contributed by atoms with E-state index in [0.29, 0.717) is 17.3 Å². The van der Waals surface area contributed by atoms with Gasteiger partial charge in [0.25, 0.3) is 0 Å². The molecule has 0 spiro atoms. The Balaban J connectivity index is 1.55. The van der Waals surface area contributed by atoms with Crippen molar-refractivity contribution in [3.05, 3.63) is 29.3 Å². The molecule has 5 heteroatoms. The van der Waals surface area contributed by atoms with Gasteiger partial charge in [0.05, 0.1) is 24.8 Å². The third-order valence-electron chi connectivity index (χ3n) is 4.77.